The van der Waals surface area contributed by atoms with E-state index < -0.39 is 0 Å². The minimum Gasteiger partial charge on any atom is -0.340 e. The fourth-order valence-corrected chi connectivity index (χ4v) is 4.52. The highest BCUT2D eigenvalue weighted by atomic mass is 32.1. The molecule has 1 amide bonds. The van der Waals surface area contributed by atoms with Crippen LogP contribution in [0.25, 0.3) is 20.8 Å². The molecule has 0 saturated carbocycles. The molecule has 1 unspecified atom stereocenters. The zero-order chi connectivity index (χ0) is 17.2. The quantitative estimate of drug-likeness (QED) is 0.672. The van der Waals surface area contributed by atoms with Crippen LogP contribution in [-0.4, -0.2) is 28.4 Å². The van der Waals surface area contributed by atoms with Gasteiger partial charge in [-0.3, -0.25) is 4.79 Å². The first-order chi connectivity index (χ1) is 12.2. The maximum atomic E-state index is 12.7. The number of carbonyl (C=O) groups excluding carboxylic acids is 1. The first kappa shape index (κ1) is 16.3. The van der Waals surface area contributed by atoms with Crippen molar-refractivity contribution in [3.05, 3.63) is 54.1 Å². The van der Waals surface area contributed by atoms with Gasteiger partial charge in [0, 0.05) is 18.2 Å². The molecule has 1 fully saturated rings. The van der Waals surface area contributed by atoms with Gasteiger partial charge in [0.1, 0.15) is 5.01 Å². The van der Waals surface area contributed by atoms with Crippen molar-refractivity contribution in [1.82, 2.24) is 9.88 Å². The van der Waals surface area contributed by atoms with Crippen molar-refractivity contribution in [2.75, 3.05) is 6.54 Å². The van der Waals surface area contributed by atoms with E-state index in [0.29, 0.717) is 12.5 Å². The first-order valence-electron chi connectivity index (χ1n) is 8.95. The molecule has 1 aliphatic rings. The van der Waals surface area contributed by atoms with Crippen LogP contribution in [0.1, 0.15) is 31.7 Å². The first-order valence-corrected chi connectivity index (χ1v) is 9.77. The van der Waals surface area contributed by atoms with Gasteiger partial charge in [-0.05, 0) is 49.9 Å². The molecule has 1 saturated heterocycles. The van der Waals surface area contributed by atoms with Gasteiger partial charge in [0.25, 0.3) is 0 Å². The third-order valence-corrected chi connectivity index (χ3v) is 6.03. The Morgan fingerprint density at radius 3 is 2.92 bits per heavy atom. The van der Waals surface area contributed by atoms with Gasteiger partial charge >= 0.3 is 0 Å². The van der Waals surface area contributed by atoms with E-state index in [9.17, 15) is 4.79 Å². The highest BCUT2D eigenvalue weighted by Crippen LogP contribution is 2.30. The van der Waals surface area contributed by atoms with E-state index >= 15 is 0 Å². The van der Waals surface area contributed by atoms with E-state index in [1.165, 1.54) is 11.1 Å². The molecule has 1 aliphatic heterocycles. The number of rotatable bonds is 3. The van der Waals surface area contributed by atoms with Crippen molar-refractivity contribution < 1.29 is 4.79 Å². The Hall–Kier alpha value is -2.20. The summed E-state index contributed by atoms with van der Waals surface area (Å²) in [4.78, 5) is 19.5. The van der Waals surface area contributed by atoms with Gasteiger partial charge in [0.2, 0.25) is 5.91 Å². The van der Waals surface area contributed by atoms with Crippen LogP contribution >= 0.6 is 11.3 Å². The summed E-state index contributed by atoms with van der Waals surface area (Å²) in [5.41, 5.74) is 3.20. The van der Waals surface area contributed by atoms with Gasteiger partial charge in [0.15, 0.2) is 0 Å². The summed E-state index contributed by atoms with van der Waals surface area (Å²) in [5, 5.41) is 1.02. The average molecular weight is 350 g/mol. The van der Waals surface area contributed by atoms with Crippen LogP contribution in [0.4, 0.5) is 0 Å². The molecule has 0 bridgehead atoms. The zero-order valence-electron chi connectivity index (χ0n) is 14.4. The molecule has 0 radical (unpaired) electrons. The maximum Gasteiger partial charge on any atom is 0.227 e. The molecule has 3 nitrogen and oxygen atoms in total. The van der Waals surface area contributed by atoms with Gasteiger partial charge < -0.3 is 4.90 Å². The monoisotopic (exact) mass is 350 g/mol. The summed E-state index contributed by atoms with van der Waals surface area (Å²) < 4.78 is 1.20. The fourth-order valence-electron chi connectivity index (χ4n) is 3.55. The van der Waals surface area contributed by atoms with E-state index in [-0.39, 0.29) is 5.91 Å². The smallest absolute Gasteiger partial charge is 0.227 e. The van der Waals surface area contributed by atoms with Crippen LogP contribution in [0.3, 0.4) is 0 Å². The summed E-state index contributed by atoms with van der Waals surface area (Å²) >= 11 is 1.70. The van der Waals surface area contributed by atoms with E-state index in [1.54, 1.807) is 11.3 Å². The second kappa shape index (κ2) is 6.96. The number of carbonyl (C=O) groups is 1. The van der Waals surface area contributed by atoms with Gasteiger partial charge in [-0.15, -0.1) is 11.3 Å². The van der Waals surface area contributed by atoms with Crippen molar-refractivity contribution >= 4 is 27.5 Å². The molecule has 4 rings (SSSR count). The summed E-state index contributed by atoms with van der Waals surface area (Å²) in [6.07, 6.45) is 3.96. The maximum absolute atomic E-state index is 12.7. The molecule has 1 aromatic heterocycles. The third kappa shape index (κ3) is 3.45. The van der Waals surface area contributed by atoms with Gasteiger partial charge in [-0.25, -0.2) is 4.98 Å². The van der Waals surface area contributed by atoms with Gasteiger partial charge in [-0.1, -0.05) is 30.3 Å². The Kier molecular flexibility index (Phi) is 4.53. The third-order valence-electron chi connectivity index (χ3n) is 4.95. The summed E-state index contributed by atoms with van der Waals surface area (Å²) in [5.74, 6) is 0.244. The molecule has 4 heteroatoms. The number of thiazole rings is 1. The number of benzene rings is 2. The van der Waals surface area contributed by atoms with Crippen LogP contribution < -0.4 is 0 Å². The van der Waals surface area contributed by atoms with E-state index in [0.717, 1.165) is 41.0 Å². The predicted octanol–water partition coefficient (Wildman–Crippen LogP) is 4.91. The van der Waals surface area contributed by atoms with Crippen molar-refractivity contribution in [1.29, 1.82) is 0 Å². The van der Waals surface area contributed by atoms with Crippen LogP contribution in [0.15, 0.2) is 48.5 Å². The second-order valence-electron chi connectivity index (χ2n) is 6.80. The molecule has 0 spiro atoms. The topological polar surface area (TPSA) is 33.2 Å². The number of fused-ring (bicyclic) bond motifs is 1. The lowest BCUT2D eigenvalue weighted by molar-refractivity contribution is -0.133. The largest absolute Gasteiger partial charge is 0.340 e. The normalized spacial score (nSPS) is 17.8. The molecular weight excluding hydrogens is 328 g/mol. The second-order valence-corrected chi connectivity index (χ2v) is 7.83. The Morgan fingerprint density at radius 1 is 1.20 bits per heavy atom. The van der Waals surface area contributed by atoms with E-state index in [2.05, 4.69) is 25.1 Å². The van der Waals surface area contributed by atoms with Crippen LogP contribution in [-0.2, 0) is 11.2 Å². The SMILES string of the molecule is CC1CCCCN1C(=O)Cc1cccc(-c2nc3ccccc3s2)c1. The average Bonchev–Trinajstić information content (AvgIpc) is 3.06. The van der Waals surface area contributed by atoms with Crippen LogP contribution in [0.2, 0.25) is 0 Å². The number of piperidine rings is 1. The zero-order valence-corrected chi connectivity index (χ0v) is 15.3. The van der Waals surface area contributed by atoms with Crippen LogP contribution in [0, 0.1) is 0 Å². The van der Waals surface area contributed by atoms with Gasteiger partial charge in [-0.2, -0.15) is 0 Å². The van der Waals surface area contributed by atoms with E-state index in [4.69, 9.17) is 4.98 Å². The number of nitrogens with zero attached hydrogens (tertiary/aromatic N) is 2. The molecular formula is C21H22N2OS. The number of para-hydroxylation sites is 1. The molecule has 0 N–H and O–H groups in total. The number of amides is 1. The standard InChI is InChI=1S/C21H22N2OS/c1-15-7-4-5-12-23(15)20(24)14-16-8-6-9-17(13-16)21-22-18-10-2-3-11-19(18)25-21/h2-3,6,8-11,13,15H,4-5,7,12,14H2,1H3. The lowest BCUT2D eigenvalue weighted by Gasteiger charge is -2.33. The minimum absolute atomic E-state index is 0.244. The number of hydrogen-bond acceptors (Lipinski definition) is 3. The molecule has 25 heavy (non-hydrogen) atoms. The van der Waals surface area contributed by atoms with Crippen molar-refractivity contribution in [2.45, 2.75) is 38.6 Å². The molecule has 2 aromatic carbocycles. The predicted molar refractivity (Wildman–Crippen MR) is 104 cm³/mol. The molecule has 128 valence electrons. The van der Waals surface area contributed by atoms with E-state index in [1.807, 2.05) is 35.2 Å². The summed E-state index contributed by atoms with van der Waals surface area (Å²) in [6.45, 7) is 3.06. The van der Waals surface area contributed by atoms with Gasteiger partial charge in [0.05, 0.1) is 16.6 Å². The lowest BCUT2D eigenvalue weighted by atomic mass is 10.0. The number of likely N-dealkylation sites (tertiary alicyclic amines) is 1. The Labute approximate surface area is 152 Å². The Balaban J connectivity index is 1.56. The van der Waals surface area contributed by atoms with Crippen molar-refractivity contribution in [3.8, 4) is 10.6 Å². The molecule has 2 heterocycles. The Morgan fingerprint density at radius 2 is 2.08 bits per heavy atom. The summed E-state index contributed by atoms with van der Waals surface area (Å²) in [7, 11) is 0. The van der Waals surface area contributed by atoms with Crippen molar-refractivity contribution in [3.63, 3.8) is 0 Å². The highest BCUT2D eigenvalue weighted by Gasteiger charge is 2.23. The minimum atomic E-state index is 0.244. The number of hydrogen-bond donors (Lipinski definition) is 0. The summed E-state index contributed by atoms with van der Waals surface area (Å²) in [6, 6.07) is 16.8. The Bertz CT molecular complexity index is 869. The van der Waals surface area contributed by atoms with Crippen LogP contribution in [0.5, 0.6) is 0 Å². The highest BCUT2D eigenvalue weighted by molar-refractivity contribution is 7.21. The number of aromatic nitrogens is 1. The molecule has 0 aliphatic carbocycles. The fraction of sp³-hybridized carbons (Fsp3) is 0.333. The molecule has 1 atom stereocenters. The molecule has 3 aromatic rings. The van der Waals surface area contributed by atoms with Crippen molar-refractivity contribution in [2.24, 2.45) is 0 Å². The lowest BCUT2D eigenvalue weighted by Crippen LogP contribution is -2.42.